The van der Waals surface area contributed by atoms with Crippen LogP contribution in [0.25, 0.3) is 0 Å². The number of carbonyl (C=O) groups is 2. The Kier molecular flexibility index (Phi) is 2.72. The number of carbonyl (C=O) groups excluding carboxylic acids is 2. The number of hydrogen-bond donors (Lipinski definition) is 1. The van der Waals surface area contributed by atoms with Crippen LogP contribution in [0.4, 0.5) is 15.8 Å². The topological polar surface area (TPSA) is 63.4 Å². The first kappa shape index (κ1) is 12.6. The molecule has 0 radical (unpaired) electrons. The van der Waals surface area contributed by atoms with E-state index in [1.54, 1.807) is 6.07 Å². The lowest BCUT2D eigenvalue weighted by molar-refractivity contribution is 0.0925. The Hall–Kier alpha value is -2.40. The molecule has 0 spiro atoms. The highest BCUT2D eigenvalue weighted by atomic mass is 35.5. The van der Waals surface area contributed by atoms with Crippen molar-refractivity contribution in [3.63, 3.8) is 0 Å². The lowest BCUT2D eigenvalue weighted by atomic mass is 10.1. The number of hydrogen-bond acceptors (Lipinski definition) is 3. The Labute approximate surface area is 118 Å². The molecule has 2 N–H and O–H groups in total. The maximum absolute atomic E-state index is 13.9. The second kappa shape index (κ2) is 4.31. The fraction of sp³-hybridized carbons (Fsp3) is 0. The molecule has 0 atom stereocenters. The largest absolute Gasteiger partial charge is 0.398 e. The van der Waals surface area contributed by atoms with Crippen molar-refractivity contribution in [2.75, 3.05) is 10.6 Å². The number of fused-ring (bicyclic) bond motifs is 1. The molecule has 0 unspecified atom stereocenters. The molecule has 2 aromatic rings. The highest BCUT2D eigenvalue weighted by Gasteiger charge is 2.39. The highest BCUT2D eigenvalue weighted by molar-refractivity contribution is 6.36. The van der Waals surface area contributed by atoms with Crippen LogP contribution in [0.2, 0.25) is 5.02 Å². The zero-order valence-corrected chi connectivity index (χ0v) is 10.8. The van der Waals surface area contributed by atoms with Crippen molar-refractivity contribution in [3.8, 4) is 0 Å². The van der Waals surface area contributed by atoms with Crippen molar-refractivity contribution in [3.05, 3.63) is 58.4 Å². The minimum Gasteiger partial charge on any atom is -0.398 e. The van der Waals surface area contributed by atoms with Crippen LogP contribution in [0.1, 0.15) is 20.7 Å². The third-order valence-electron chi connectivity index (χ3n) is 3.10. The van der Waals surface area contributed by atoms with Gasteiger partial charge in [-0.25, -0.2) is 9.29 Å². The van der Waals surface area contributed by atoms with Gasteiger partial charge in [0.25, 0.3) is 11.8 Å². The fourth-order valence-corrected chi connectivity index (χ4v) is 2.35. The summed E-state index contributed by atoms with van der Waals surface area (Å²) in [5.41, 5.74) is 6.04. The summed E-state index contributed by atoms with van der Waals surface area (Å²) >= 11 is 5.66. The second-order valence-corrected chi connectivity index (χ2v) is 4.75. The van der Waals surface area contributed by atoms with Crippen LogP contribution in [0, 0.1) is 5.82 Å². The summed E-state index contributed by atoms with van der Waals surface area (Å²) in [4.78, 5) is 25.3. The van der Waals surface area contributed by atoms with Gasteiger partial charge in [0.2, 0.25) is 0 Å². The van der Waals surface area contributed by atoms with E-state index in [0.717, 1.165) is 11.0 Å². The van der Waals surface area contributed by atoms with Crippen molar-refractivity contribution in [1.82, 2.24) is 0 Å². The molecule has 2 aromatic carbocycles. The van der Waals surface area contributed by atoms with Gasteiger partial charge < -0.3 is 5.73 Å². The molecule has 0 bridgehead atoms. The Morgan fingerprint density at radius 3 is 2.50 bits per heavy atom. The van der Waals surface area contributed by atoms with Crippen molar-refractivity contribution < 1.29 is 14.0 Å². The van der Waals surface area contributed by atoms with Gasteiger partial charge in [-0.1, -0.05) is 17.7 Å². The van der Waals surface area contributed by atoms with Gasteiger partial charge in [0, 0.05) is 10.7 Å². The van der Waals surface area contributed by atoms with E-state index in [0.29, 0.717) is 0 Å². The zero-order chi connectivity index (χ0) is 14.4. The molecule has 20 heavy (non-hydrogen) atoms. The number of nitrogens with zero attached hydrogens (tertiary/aromatic N) is 1. The third-order valence-corrected chi connectivity index (χ3v) is 3.33. The van der Waals surface area contributed by atoms with E-state index in [2.05, 4.69) is 0 Å². The molecular formula is C14H8ClFN2O2. The predicted molar refractivity (Wildman–Crippen MR) is 73.4 cm³/mol. The SMILES string of the molecule is Nc1cccc2c1C(=O)N(c1ccc(Cl)cc1F)C2=O. The van der Waals surface area contributed by atoms with Crippen LogP contribution >= 0.6 is 11.6 Å². The Balaban J connectivity index is 2.17. The smallest absolute Gasteiger partial charge is 0.268 e. The number of anilines is 2. The molecule has 3 rings (SSSR count). The van der Waals surface area contributed by atoms with Crippen LogP contribution in [0.15, 0.2) is 36.4 Å². The second-order valence-electron chi connectivity index (χ2n) is 4.31. The summed E-state index contributed by atoms with van der Waals surface area (Å²) < 4.78 is 13.9. The maximum Gasteiger partial charge on any atom is 0.268 e. The number of rotatable bonds is 1. The highest BCUT2D eigenvalue weighted by Crippen LogP contribution is 2.33. The quantitative estimate of drug-likeness (QED) is 0.649. The number of nitrogens with two attached hydrogens (primary N) is 1. The first-order valence-electron chi connectivity index (χ1n) is 5.73. The molecule has 0 aliphatic carbocycles. The van der Waals surface area contributed by atoms with Crippen LogP contribution < -0.4 is 10.6 Å². The molecule has 6 heteroatoms. The van der Waals surface area contributed by atoms with Crippen LogP contribution in [-0.2, 0) is 0 Å². The van der Waals surface area contributed by atoms with Crippen molar-refractivity contribution in [2.24, 2.45) is 0 Å². The Morgan fingerprint density at radius 2 is 1.85 bits per heavy atom. The zero-order valence-electron chi connectivity index (χ0n) is 10.1. The normalized spacial score (nSPS) is 13.8. The molecule has 1 aliphatic heterocycles. The summed E-state index contributed by atoms with van der Waals surface area (Å²) in [6.07, 6.45) is 0. The molecule has 1 heterocycles. The van der Waals surface area contributed by atoms with Gasteiger partial charge in [-0.3, -0.25) is 9.59 Å². The molecule has 0 fully saturated rings. The Morgan fingerprint density at radius 1 is 1.10 bits per heavy atom. The number of imide groups is 1. The summed E-state index contributed by atoms with van der Waals surface area (Å²) in [5, 5.41) is 0.183. The van der Waals surface area contributed by atoms with E-state index in [1.807, 2.05) is 0 Å². The van der Waals surface area contributed by atoms with Crippen molar-refractivity contribution >= 4 is 34.8 Å². The van der Waals surface area contributed by atoms with Crippen LogP contribution in [0.3, 0.4) is 0 Å². The lowest BCUT2D eigenvalue weighted by Crippen LogP contribution is -2.30. The van der Waals surface area contributed by atoms with Gasteiger partial charge in [-0.15, -0.1) is 0 Å². The molecule has 0 saturated carbocycles. The minimum atomic E-state index is -0.745. The average Bonchev–Trinajstić information content (AvgIpc) is 2.64. The van der Waals surface area contributed by atoms with Gasteiger partial charge in [-0.2, -0.15) is 0 Å². The molecule has 100 valence electrons. The van der Waals surface area contributed by atoms with Gasteiger partial charge in [-0.05, 0) is 30.3 Å². The van der Waals surface area contributed by atoms with E-state index < -0.39 is 17.6 Å². The maximum atomic E-state index is 13.9. The van der Waals surface area contributed by atoms with E-state index in [-0.39, 0.29) is 27.5 Å². The molecule has 0 aromatic heterocycles. The van der Waals surface area contributed by atoms with E-state index >= 15 is 0 Å². The summed E-state index contributed by atoms with van der Waals surface area (Å²) in [5.74, 6) is -1.98. The third kappa shape index (κ3) is 1.67. The van der Waals surface area contributed by atoms with Gasteiger partial charge in [0.05, 0.1) is 16.8 Å². The summed E-state index contributed by atoms with van der Waals surface area (Å²) in [7, 11) is 0. The van der Waals surface area contributed by atoms with Crippen molar-refractivity contribution in [2.45, 2.75) is 0 Å². The standard InChI is InChI=1S/C14H8ClFN2O2/c15-7-4-5-11(9(16)6-7)18-13(19)8-2-1-3-10(17)12(8)14(18)20/h1-6H,17H2. The summed E-state index contributed by atoms with van der Waals surface area (Å²) in [6.45, 7) is 0. The first-order valence-corrected chi connectivity index (χ1v) is 6.11. The fourth-order valence-electron chi connectivity index (χ4n) is 2.19. The van der Waals surface area contributed by atoms with E-state index in [9.17, 15) is 14.0 Å². The van der Waals surface area contributed by atoms with Gasteiger partial charge >= 0.3 is 0 Å². The lowest BCUT2D eigenvalue weighted by Gasteiger charge is -2.14. The summed E-state index contributed by atoms with van der Waals surface area (Å²) in [6, 6.07) is 8.32. The average molecular weight is 291 g/mol. The predicted octanol–water partition coefficient (Wildman–Crippen LogP) is 2.86. The van der Waals surface area contributed by atoms with E-state index in [1.165, 1.54) is 24.3 Å². The first-order chi connectivity index (χ1) is 9.50. The molecule has 2 amide bonds. The van der Waals surface area contributed by atoms with Crippen LogP contribution in [-0.4, -0.2) is 11.8 Å². The number of benzene rings is 2. The number of nitrogen functional groups attached to an aromatic ring is 1. The number of amides is 2. The van der Waals surface area contributed by atoms with Gasteiger partial charge in [0.1, 0.15) is 5.82 Å². The molecule has 1 aliphatic rings. The monoisotopic (exact) mass is 290 g/mol. The Bertz CT molecular complexity index is 761. The molecule has 0 saturated heterocycles. The van der Waals surface area contributed by atoms with Gasteiger partial charge in [0.15, 0.2) is 0 Å². The van der Waals surface area contributed by atoms with E-state index in [4.69, 9.17) is 17.3 Å². The molecular weight excluding hydrogens is 283 g/mol. The minimum absolute atomic E-state index is 0.104. The molecule has 4 nitrogen and oxygen atoms in total. The number of halogens is 2. The van der Waals surface area contributed by atoms with Crippen LogP contribution in [0.5, 0.6) is 0 Å². The van der Waals surface area contributed by atoms with Crippen molar-refractivity contribution in [1.29, 1.82) is 0 Å².